The number of oxazole rings is 1. The van der Waals surface area contributed by atoms with Gasteiger partial charge in [0.2, 0.25) is 5.89 Å². The predicted octanol–water partition coefficient (Wildman–Crippen LogP) is 5.79. The smallest absolute Gasteiger partial charge is 0.415 e. The van der Waals surface area contributed by atoms with E-state index in [1.807, 2.05) is 67.6 Å². The highest BCUT2D eigenvalue weighted by Gasteiger charge is 2.39. The van der Waals surface area contributed by atoms with Crippen LogP contribution in [0.5, 0.6) is 11.5 Å². The molecule has 1 N–H and O–H groups in total. The minimum atomic E-state index is -0.906. The monoisotopic (exact) mass is 526 g/mol. The molecule has 2 heterocycles. The van der Waals surface area contributed by atoms with Gasteiger partial charge in [-0.25, -0.2) is 9.78 Å². The van der Waals surface area contributed by atoms with Crippen LogP contribution in [0.1, 0.15) is 23.4 Å². The summed E-state index contributed by atoms with van der Waals surface area (Å²) >= 11 is 0. The van der Waals surface area contributed by atoms with Crippen LogP contribution in [0.25, 0.3) is 11.5 Å². The number of carbonyl (C=O) groups excluding carboxylic acids is 1. The summed E-state index contributed by atoms with van der Waals surface area (Å²) in [5, 5.41) is 9.56. The molecule has 1 saturated heterocycles. The minimum absolute atomic E-state index is 0.125. The Balaban J connectivity index is 1.17. The molecule has 2 atom stereocenters. The Morgan fingerprint density at radius 3 is 2.36 bits per heavy atom. The quantitative estimate of drug-likeness (QED) is 0.295. The Morgan fingerprint density at radius 1 is 0.974 bits per heavy atom. The zero-order valence-electron chi connectivity index (χ0n) is 21.7. The summed E-state index contributed by atoms with van der Waals surface area (Å²) in [6.07, 6.45) is 0.975. The average Bonchev–Trinajstić information content (AvgIpc) is 3.54. The maximum atomic E-state index is 12.9. The Bertz CT molecular complexity index is 1400. The molecule has 3 aromatic carbocycles. The lowest BCUT2D eigenvalue weighted by Gasteiger charge is -2.24. The third-order valence-corrected chi connectivity index (χ3v) is 6.86. The molecule has 1 aromatic heterocycles. The normalized spacial score (nSPS) is 16.7. The first kappa shape index (κ1) is 26.0. The number of para-hydroxylation sites is 1. The largest absolute Gasteiger partial charge is 0.493 e. The van der Waals surface area contributed by atoms with E-state index in [0.29, 0.717) is 37.5 Å². The zero-order valence-corrected chi connectivity index (χ0v) is 21.7. The Morgan fingerprint density at radius 2 is 1.67 bits per heavy atom. The predicted molar refractivity (Wildman–Crippen MR) is 145 cm³/mol. The van der Waals surface area contributed by atoms with E-state index in [9.17, 15) is 14.7 Å². The fourth-order valence-electron chi connectivity index (χ4n) is 4.78. The number of aliphatic carboxylic acids is 1. The summed E-state index contributed by atoms with van der Waals surface area (Å²) < 4.78 is 17.2. The van der Waals surface area contributed by atoms with Crippen molar-refractivity contribution in [2.75, 3.05) is 13.2 Å². The lowest BCUT2D eigenvalue weighted by atomic mass is 10.00. The van der Waals surface area contributed by atoms with Crippen molar-refractivity contribution in [3.8, 4) is 23.0 Å². The first-order valence-electron chi connectivity index (χ1n) is 13.0. The molecule has 1 aliphatic rings. The molecular weight excluding hydrogens is 496 g/mol. The first-order chi connectivity index (χ1) is 19.0. The topological polar surface area (TPSA) is 102 Å². The van der Waals surface area contributed by atoms with Gasteiger partial charge in [-0.3, -0.25) is 4.79 Å². The highest BCUT2D eigenvalue weighted by Crippen LogP contribution is 2.28. The number of hydrogen-bond donors (Lipinski definition) is 1. The Hall–Kier alpha value is -4.59. The molecule has 0 aliphatic carbocycles. The van der Waals surface area contributed by atoms with E-state index in [4.69, 9.17) is 13.9 Å². The number of carboxylic acid groups (broad SMARTS) is 1. The number of carbonyl (C=O) groups is 2. The number of rotatable bonds is 9. The molecule has 0 spiro atoms. The fraction of sp³-hybridized carbons (Fsp3) is 0.258. The van der Waals surface area contributed by atoms with E-state index in [-0.39, 0.29) is 12.6 Å². The number of aryl methyl sites for hydroxylation is 1. The molecule has 0 unspecified atom stereocenters. The SMILES string of the molecule is Cc1oc(-c2ccccc2)nc1CCOc1ccc(C[C@@H]2C[C@H](C(=O)O)CN2C(=O)Oc2ccccc2)cc1. The van der Waals surface area contributed by atoms with E-state index in [1.54, 1.807) is 24.3 Å². The van der Waals surface area contributed by atoms with Gasteiger partial charge in [-0.05, 0) is 61.7 Å². The molecule has 1 aliphatic heterocycles. The second-order valence-electron chi connectivity index (χ2n) is 9.59. The molecule has 8 heteroatoms. The van der Waals surface area contributed by atoms with Crippen molar-refractivity contribution in [2.24, 2.45) is 5.92 Å². The van der Waals surface area contributed by atoms with Crippen LogP contribution in [-0.2, 0) is 17.6 Å². The summed E-state index contributed by atoms with van der Waals surface area (Å²) in [6.45, 7) is 2.48. The molecule has 1 amide bonds. The third kappa shape index (κ3) is 6.46. The molecule has 1 fully saturated rings. The summed E-state index contributed by atoms with van der Waals surface area (Å²) in [6, 6.07) is 26.0. The van der Waals surface area contributed by atoms with Gasteiger partial charge in [-0.1, -0.05) is 48.5 Å². The number of nitrogens with zero attached hydrogens (tertiary/aromatic N) is 2. The van der Waals surface area contributed by atoms with Gasteiger partial charge in [0.25, 0.3) is 0 Å². The van der Waals surface area contributed by atoms with Crippen molar-refractivity contribution >= 4 is 12.1 Å². The van der Waals surface area contributed by atoms with Crippen LogP contribution in [0.4, 0.5) is 4.79 Å². The number of aromatic nitrogens is 1. The summed E-state index contributed by atoms with van der Waals surface area (Å²) in [4.78, 5) is 30.7. The summed E-state index contributed by atoms with van der Waals surface area (Å²) in [5.41, 5.74) is 2.78. The number of hydrogen-bond acceptors (Lipinski definition) is 6. The second kappa shape index (κ2) is 11.9. The fourth-order valence-corrected chi connectivity index (χ4v) is 4.78. The number of carboxylic acids is 1. The molecule has 0 radical (unpaired) electrons. The highest BCUT2D eigenvalue weighted by atomic mass is 16.6. The maximum absolute atomic E-state index is 12.9. The van der Waals surface area contributed by atoms with E-state index in [1.165, 1.54) is 4.90 Å². The molecule has 5 rings (SSSR count). The van der Waals surface area contributed by atoms with Crippen LogP contribution in [0.3, 0.4) is 0 Å². The van der Waals surface area contributed by atoms with Gasteiger partial charge in [0, 0.05) is 24.6 Å². The number of amides is 1. The summed E-state index contributed by atoms with van der Waals surface area (Å²) in [7, 11) is 0. The van der Waals surface area contributed by atoms with Gasteiger partial charge in [-0.15, -0.1) is 0 Å². The lowest BCUT2D eigenvalue weighted by molar-refractivity contribution is -0.141. The second-order valence-corrected chi connectivity index (χ2v) is 9.59. The van der Waals surface area contributed by atoms with Crippen molar-refractivity contribution in [3.63, 3.8) is 0 Å². The van der Waals surface area contributed by atoms with Crippen LogP contribution >= 0.6 is 0 Å². The highest BCUT2D eigenvalue weighted by molar-refractivity contribution is 5.76. The van der Waals surface area contributed by atoms with Crippen LogP contribution in [0, 0.1) is 12.8 Å². The van der Waals surface area contributed by atoms with Gasteiger partial charge in [-0.2, -0.15) is 0 Å². The van der Waals surface area contributed by atoms with E-state index in [2.05, 4.69) is 4.98 Å². The average molecular weight is 527 g/mol. The van der Waals surface area contributed by atoms with Crippen LogP contribution < -0.4 is 9.47 Å². The van der Waals surface area contributed by atoms with Crippen molar-refractivity contribution < 1.29 is 28.6 Å². The standard InChI is InChI=1S/C31H30N2O6/c1-21-28(32-29(38-21)23-8-4-2-5-9-23)16-17-37-26-14-12-22(13-15-26)18-25-19-24(30(34)35)20-33(25)31(36)39-27-10-6-3-7-11-27/h2-15,24-25H,16-20H2,1H3,(H,34,35)/t24-,25+/m0/s1. The number of benzene rings is 3. The van der Waals surface area contributed by atoms with Gasteiger partial charge < -0.3 is 23.9 Å². The molecule has 200 valence electrons. The number of ether oxygens (including phenoxy) is 2. The van der Waals surface area contributed by atoms with Gasteiger partial charge in [0.05, 0.1) is 18.2 Å². The molecule has 8 nitrogen and oxygen atoms in total. The van der Waals surface area contributed by atoms with E-state index in [0.717, 1.165) is 28.3 Å². The van der Waals surface area contributed by atoms with Crippen molar-refractivity contribution in [3.05, 3.63) is 102 Å². The maximum Gasteiger partial charge on any atom is 0.415 e. The third-order valence-electron chi connectivity index (χ3n) is 6.86. The molecular formula is C31H30N2O6. The van der Waals surface area contributed by atoms with Crippen molar-refractivity contribution in [2.45, 2.75) is 32.2 Å². The summed E-state index contributed by atoms with van der Waals surface area (Å²) in [5.74, 6) is 1.00. The van der Waals surface area contributed by atoms with Crippen molar-refractivity contribution in [1.29, 1.82) is 0 Å². The molecule has 4 aromatic rings. The number of likely N-dealkylation sites (tertiary alicyclic amines) is 1. The van der Waals surface area contributed by atoms with E-state index >= 15 is 0 Å². The van der Waals surface area contributed by atoms with Crippen LogP contribution in [0.15, 0.2) is 89.3 Å². The van der Waals surface area contributed by atoms with Gasteiger partial charge in [0.1, 0.15) is 17.3 Å². The van der Waals surface area contributed by atoms with Crippen molar-refractivity contribution in [1.82, 2.24) is 9.88 Å². The first-order valence-corrected chi connectivity index (χ1v) is 13.0. The van der Waals surface area contributed by atoms with Crippen LogP contribution in [-0.4, -0.2) is 46.2 Å². The Labute approximate surface area is 226 Å². The minimum Gasteiger partial charge on any atom is -0.493 e. The zero-order chi connectivity index (χ0) is 27.2. The Kier molecular flexibility index (Phi) is 7.91. The molecule has 0 saturated carbocycles. The molecule has 0 bridgehead atoms. The van der Waals surface area contributed by atoms with Gasteiger partial charge >= 0.3 is 12.1 Å². The van der Waals surface area contributed by atoms with E-state index < -0.39 is 18.0 Å². The lowest BCUT2D eigenvalue weighted by Crippen LogP contribution is -2.39. The van der Waals surface area contributed by atoms with Crippen LogP contribution in [0.2, 0.25) is 0 Å². The van der Waals surface area contributed by atoms with Gasteiger partial charge in [0.15, 0.2) is 0 Å². The molecule has 39 heavy (non-hydrogen) atoms.